The highest BCUT2D eigenvalue weighted by Crippen LogP contribution is 2.35. The molecule has 0 bridgehead atoms. The molecule has 2 N–H and O–H groups in total. The van der Waals surface area contributed by atoms with E-state index in [1.54, 1.807) is 0 Å². The summed E-state index contributed by atoms with van der Waals surface area (Å²) in [5.74, 6) is 0. The number of fused-ring (bicyclic) bond motifs is 1. The van der Waals surface area contributed by atoms with Gasteiger partial charge in [0, 0.05) is 23.2 Å². The molecule has 0 aliphatic heterocycles. The zero-order valence-corrected chi connectivity index (χ0v) is 17.4. The second kappa shape index (κ2) is 8.47. The van der Waals surface area contributed by atoms with Crippen LogP contribution in [0.25, 0.3) is 22.0 Å². The number of aromatic amines is 1. The number of benzene rings is 1. The lowest BCUT2D eigenvalue weighted by atomic mass is 9.96. The molecule has 0 saturated heterocycles. The topological polar surface area (TPSA) is 54.1 Å². The minimum Gasteiger partial charge on any atom is -0.444 e. The maximum Gasteiger partial charge on any atom is 0.407 e. The van der Waals surface area contributed by atoms with Gasteiger partial charge in [-0.2, -0.15) is 0 Å². The van der Waals surface area contributed by atoms with Crippen LogP contribution in [0.15, 0.2) is 37.1 Å². The molecule has 1 atom stereocenters. The Morgan fingerprint density at radius 2 is 1.96 bits per heavy atom. The van der Waals surface area contributed by atoms with Crippen molar-refractivity contribution in [3.05, 3.63) is 48.2 Å². The Morgan fingerprint density at radius 3 is 2.59 bits per heavy atom. The Kier molecular flexibility index (Phi) is 6.53. The molecular formula is C23H32N2O2. The molecule has 4 heteroatoms. The number of aromatic nitrogens is 1. The molecule has 1 aromatic carbocycles. The summed E-state index contributed by atoms with van der Waals surface area (Å²) in [6.45, 7) is 15.7. The number of alkyl carbamates (subject to hydrolysis) is 1. The molecule has 2 aromatic rings. The van der Waals surface area contributed by atoms with Gasteiger partial charge in [0.05, 0.1) is 5.52 Å². The van der Waals surface area contributed by atoms with Gasteiger partial charge in [0.1, 0.15) is 5.60 Å². The van der Waals surface area contributed by atoms with Gasteiger partial charge in [-0.1, -0.05) is 38.6 Å². The lowest BCUT2D eigenvalue weighted by molar-refractivity contribution is 0.0507. The summed E-state index contributed by atoms with van der Waals surface area (Å²) in [4.78, 5) is 15.3. The van der Waals surface area contributed by atoms with Crippen molar-refractivity contribution < 1.29 is 9.53 Å². The van der Waals surface area contributed by atoms with Crippen LogP contribution in [0.2, 0.25) is 0 Å². The predicted molar refractivity (Wildman–Crippen MR) is 115 cm³/mol. The lowest BCUT2D eigenvalue weighted by Crippen LogP contribution is -2.38. The summed E-state index contributed by atoms with van der Waals surface area (Å²) >= 11 is 0. The van der Waals surface area contributed by atoms with Gasteiger partial charge in [0.2, 0.25) is 0 Å². The van der Waals surface area contributed by atoms with E-state index in [2.05, 4.69) is 41.2 Å². The number of ether oxygens (including phenoxy) is 1. The van der Waals surface area contributed by atoms with Gasteiger partial charge in [-0.15, -0.1) is 0 Å². The van der Waals surface area contributed by atoms with Crippen LogP contribution in [0, 0.1) is 0 Å². The van der Waals surface area contributed by atoms with Crippen molar-refractivity contribution in [2.24, 2.45) is 0 Å². The highest BCUT2D eigenvalue weighted by Gasteiger charge is 2.24. The molecule has 1 aromatic heterocycles. The van der Waals surface area contributed by atoms with Crippen molar-refractivity contribution in [2.45, 2.75) is 66.0 Å². The highest BCUT2D eigenvalue weighted by atomic mass is 16.6. The third-order valence-electron chi connectivity index (χ3n) is 4.36. The first kappa shape index (κ1) is 20.8. The monoisotopic (exact) mass is 368 g/mol. The second-order valence-electron chi connectivity index (χ2n) is 7.72. The van der Waals surface area contributed by atoms with E-state index < -0.39 is 5.60 Å². The third-order valence-corrected chi connectivity index (χ3v) is 4.36. The fourth-order valence-corrected chi connectivity index (χ4v) is 3.31. The zero-order valence-electron chi connectivity index (χ0n) is 17.4. The Morgan fingerprint density at radius 1 is 1.26 bits per heavy atom. The molecule has 4 nitrogen and oxygen atoms in total. The number of allylic oxidation sites excluding steroid dienone is 1. The van der Waals surface area contributed by atoms with Gasteiger partial charge in [-0.05, 0) is 63.3 Å². The number of hydrogen-bond donors (Lipinski definition) is 2. The minimum absolute atomic E-state index is 0.0830. The van der Waals surface area contributed by atoms with E-state index in [-0.39, 0.29) is 12.1 Å². The zero-order chi connectivity index (χ0) is 20.2. The standard InChI is InChI=1S/C21H26N2O2.C2H6/c1-13(2)16-8-9-17(18-10-11-22-19(16)18)14-6-7-15(12-14)23-20(24)25-21(3,4)5;1-2/h6,8-11,15,22H,1,7,12H2,2-5H3,(H,23,24);1-2H3. The molecule has 0 radical (unpaired) electrons. The van der Waals surface area contributed by atoms with Crippen molar-refractivity contribution in [3.63, 3.8) is 0 Å². The van der Waals surface area contributed by atoms with Crippen LogP contribution in [-0.2, 0) is 4.74 Å². The smallest absolute Gasteiger partial charge is 0.407 e. The molecule has 146 valence electrons. The average Bonchev–Trinajstić information content (AvgIpc) is 3.23. The van der Waals surface area contributed by atoms with Crippen LogP contribution in [0.1, 0.15) is 65.5 Å². The molecule has 0 saturated carbocycles. The quantitative estimate of drug-likeness (QED) is 0.668. The highest BCUT2D eigenvalue weighted by molar-refractivity contribution is 5.98. The normalized spacial score (nSPS) is 16.4. The molecule has 0 fully saturated rings. The second-order valence-corrected chi connectivity index (χ2v) is 7.72. The summed E-state index contributed by atoms with van der Waals surface area (Å²) in [6.07, 6.45) is 5.46. The first-order chi connectivity index (χ1) is 12.7. The number of nitrogens with one attached hydrogen (secondary N) is 2. The van der Waals surface area contributed by atoms with Crippen LogP contribution in [-0.4, -0.2) is 22.7 Å². The van der Waals surface area contributed by atoms with Crippen LogP contribution in [0.4, 0.5) is 4.79 Å². The minimum atomic E-state index is -0.478. The summed E-state index contributed by atoms with van der Waals surface area (Å²) in [7, 11) is 0. The number of rotatable bonds is 3. The summed E-state index contributed by atoms with van der Waals surface area (Å²) in [6, 6.07) is 6.46. The Labute approximate surface area is 162 Å². The third kappa shape index (κ3) is 5.03. The Bertz CT molecular complexity index is 853. The van der Waals surface area contributed by atoms with Crippen molar-refractivity contribution in [2.75, 3.05) is 0 Å². The number of hydrogen-bond acceptors (Lipinski definition) is 2. The largest absolute Gasteiger partial charge is 0.444 e. The predicted octanol–water partition coefficient (Wildman–Crippen LogP) is 6.30. The molecule has 27 heavy (non-hydrogen) atoms. The van der Waals surface area contributed by atoms with Crippen LogP contribution in [0.3, 0.4) is 0 Å². The van der Waals surface area contributed by atoms with Gasteiger partial charge in [-0.3, -0.25) is 0 Å². The first-order valence-electron chi connectivity index (χ1n) is 9.69. The van der Waals surface area contributed by atoms with Crippen LogP contribution < -0.4 is 5.32 Å². The van der Waals surface area contributed by atoms with Crippen molar-refractivity contribution >= 4 is 28.1 Å². The van der Waals surface area contributed by atoms with Crippen LogP contribution >= 0.6 is 0 Å². The lowest BCUT2D eigenvalue weighted by Gasteiger charge is -2.22. The van der Waals surface area contributed by atoms with Crippen molar-refractivity contribution in [1.82, 2.24) is 10.3 Å². The van der Waals surface area contributed by atoms with Gasteiger partial charge in [0.25, 0.3) is 0 Å². The van der Waals surface area contributed by atoms with Gasteiger partial charge < -0.3 is 15.0 Å². The fourth-order valence-electron chi connectivity index (χ4n) is 3.31. The molecule has 0 spiro atoms. The van der Waals surface area contributed by atoms with E-state index in [9.17, 15) is 4.79 Å². The van der Waals surface area contributed by atoms with Crippen molar-refractivity contribution in [1.29, 1.82) is 0 Å². The summed E-state index contributed by atoms with van der Waals surface area (Å²) in [5.41, 5.74) is 5.31. The van der Waals surface area contributed by atoms with E-state index >= 15 is 0 Å². The SMILES string of the molecule is C=C(C)c1ccc(C2=CCC(NC(=O)OC(C)(C)C)C2)c2cc[nH]c12.CC. The van der Waals surface area contributed by atoms with E-state index in [0.29, 0.717) is 0 Å². The summed E-state index contributed by atoms with van der Waals surface area (Å²) in [5, 5.41) is 4.17. The molecule has 1 heterocycles. The molecule has 3 rings (SSSR count). The Balaban J connectivity index is 0.00000126. The van der Waals surface area contributed by atoms with Gasteiger partial charge >= 0.3 is 6.09 Å². The number of carbonyl (C=O) groups is 1. The van der Waals surface area contributed by atoms with E-state index in [1.807, 2.05) is 47.7 Å². The van der Waals surface area contributed by atoms with Crippen LogP contribution in [0.5, 0.6) is 0 Å². The number of amides is 1. The molecule has 1 amide bonds. The molecular weight excluding hydrogens is 336 g/mol. The fraction of sp³-hybridized carbons (Fsp3) is 0.435. The maximum atomic E-state index is 12.0. The van der Waals surface area contributed by atoms with Gasteiger partial charge in [0.15, 0.2) is 0 Å². The molecule has 1 aliphatic rings. The number of carbonyl (C=O) groups excluding carboxylic acids is 1. The van der Waals surface area contributed by atoms with Gasteiger partial charge in [-0.25, -0.2) is 4.79 Å². The van der Waals surface area contributed by atoms with E-state index in [4.69, 9.17) is 4.74 Å². The maximum absolute atomic E-state index is 12.0. The average molecular weight is 369 g/mol. The first-order valence-corrected chi connectivity index (χ1v) is 9.69. The number of H-pyrrole nitrogens is 1. The van der Waals surface area contributed by atoms with E-state index in [1.165, 1.54) is 16.5 Å². The van der Waals surface area contributed by atoms with Crippen molar-refractivity contribution in [3.8, 4) is 0 Å². The van der Waals surface area contributed by atoms with E-state index in [0.717, 1.165) is 29.5 Å². The summed E-state index contributed by atoms with van der Waals surface area (Å²) < 4.78 is 5.35. The molecule has 1 aliphatic carbocycles. The Hall–Kier alpha value is -2.49. The molecule has 1 unspecified atom stereocenters.